The Hall–Kier alpha value is -3.05. The van der Waals surface area contributed by atoms with Crippen molar-refractivity contribution in [3.05, 3.63) is 65.7 Å². The maximum Gasteiger partial charge on any atom is 0.263 e. The van der Waals surface area contributed by atoms with Crippen LogP contribution in [0.25, 0.3) is 10.8 Å². The first-order valence-electron chi connectivity index (χ1n) is 9.57. The lowest BCUT2D eigenvalue weighted by molar-refractivity contribution is -0.892. The molecule has 0 saturated carbocycles. The van der Waals surface area contributed by atoms with Gasteiger partial charge in [0.1, 0.15) is 6.54 Å². The highest BCUT2D eigenvalue weighted by molar-refractivity contribution is 6.24. The van der Waals surface area contributed by atoms with Crippen LogP contribution in [0.1, 0.15) is 22.8 Å². The summed E-state index contributed by atoms with van der Waals surface area (Å²) < 4.78 is 11.0. The van der Waals surface area contributed by atoms with Crippen molar-refractivity contribution in [1.82, 2.24) is 0 Å². The number of rotatable bonds is 7. The molecule has 0 saturated heterocycles. The van der Waals surface area contributed by atoms with Gasteiger partial charge in [-0.1, -0.05) is 24.3 Å². The predicted molar refractivity (Wildman–Crippen MR) is 110 cm³/mol. The van der Waals surface area contributed by atoms with Crippen LogP contribution < -0.4 is 19.3 Å². The molecule has 1 atom stereocenters. The van der Waals surface area contributed by atoms with E-state index >= 15 is 0 Å². The second kappa shape index (κ2) is 7.52. The highest BCUT2D eigenvalue weighted by atomic mass is 16.5. The number of nitrogens with zero attached hydrogens (tertiary/aromatic N) is 1. The Morgan fingerprint density at radius 1 is 1.04 bits per heavy atom. The standard InChI is InChI=1S/C23H24N2O3/c1-4-28-20-12-11-16(13-21(20)27-3)14-24(2)15-25-19-10-6-8-17-7-5-9-18(22(17)19)23(25)26/h5-13H,4,14-15H2,1-3H3/p+1. The highest BCUT2D eigenvalue weighted by Crippen LogP contribution is 2.36. The van der Waals surface area contributed by atoms with Crippen LogP contribution in [0.5, 0.6) is 11.5 Å². The van der Waals surface area contributed by atoms with Gasteiger partial charge in [0.2, 0.25) is 0 Å². The average Bonchev–Trinajstić information content (AvgIpc) is 2.97. The third kappa shape index (κ3) is 3.18. The van der Waals surface area contributed by atoms with Crippen LogP contribution >= 0.6 is 0 Å². The smallest absolute Gasteiger partial charge is 0.263 e. The maximum atomic E-state index is 13.0. The molecular formula is C23H25N2O3+. The Balaban J connectivity index is 1.53. The Labute approximate surface area is 165 Å². The van der Waals surface area contributed by atoms with E-state index in [1.54, 1.807) is 7.11 Å². The summed E-state index contributed by atoms with van der Waals surface area (Å²) in [6.07, 6.45) is 0. The summed E-state index contributed by atoms with van der Waals surface area (Å²) in [6.45, 7) is 3.93. The maximum absolute atomic E-state index is 13.0. The molecule has 0 aliphatic carbocycles. The molecule has 1 amide bonds. The Morgan fingerprint density at radius 2 is 1.82 bits per heavy atom. The quantitative estimate of drug-likeness (QED) is 0.689. The minimum absolute atomic E-state index is 0.0791. The summed E-state index contributed by atoms with van der Waals surface area (Å²) >= 11 is 0. The van der Waals surface area contributed by atoms with E-state index in [9.17, 15) is 4.79 Å². The number of hydrogen-bond donors (Lipinski definition) is 1. The number of carbonyl (C=O) groups excluding carboxylic acids is 1. The van der Waals surface area contributed by atoms with E-state index in [0.29, 0.717) is 13.3 Å². The van der Waals surface area contributed by atoms with Crippen LogP contribution in [0.15, 0.2) is 54.6 Å². The number of carbonyl (C=O) groups is 1. The topological polar surface area (TPSA) is 43.2 Å². The number of nitrogens with one attached hydrogen (secondary N) is 1. The number of hydrogen-bond acceptors (Lipinski definition) is 3. The van der Waals surface area contributed by atoms with E-state index in [1.165, 1.54) is 4.90 Å². The average molecular weight is 377 g/mol. The van der Waals surface area contributed by atoms with E-state index < -0.39 is 0 Å². The Morgan fingerprint density at radius 3 is 2.57 bits per heavy atom. The van der Waals surface area contributed by atoms with Crippen molar-refractivity contribution in [2.24, 2.45) is 0 Å². The first-order valence-corrected chi connectivity index (χ1v) is 9.57. The summed E-state index contributed by atoms with van der Waals surface area (Å²) in [5.74, 6) is 1.57. The van der Waals surface area contributed by atoms with Crippen LogP contribution in [0, 0.1) is 0 Å². The number of amides is 1. The van der Waals surface area contributed by atoms with Gasteiger partial charge < -0.3 is 14.4 Å². The lowest BCUT2D eigenvalue weighted by Crippen LogP contribution is -3.09. The summed E-state index contributed by atoms with van der Waals surface area (Å²) in [5.41, 5.74) is 2.94. The van der Waals surface area contributed by atoms with Crippen molar-refractivity contribution in [2.75, 3.05) is 32.3 Å². The van der Waals surface area contributed by atoms with Crippen molar-refractivity contribution in [1.29, 1.82) is 0 Å². The summed E-state index contributed by atoms with van der Waals surface area (Å²) in [5, 5.41) is 2.17. The molecule has 3 aromatic carbocycles. The van der Waals surface area contributed by atoms with E-state index in [-0.39, 0.29) is 5.91 Å². The fraction of sp³-hybridized carbons (Fsp3) is 0.261. The molecule has 0 bridgehead atoms. The van der Waals surface area contributed by atoms with Crippen LogP contribution in [-0.4, -0.2) is 33.3 Å². The number of methoxy groups -OCH3 is 1. The summed E-state index contributed by atoms with van der Waals surface area (Å²) in [4.78, 5) is 16.1. The largest absolute Gasteiger partial charge is 0.493 e. The number of ether oxygens (including phenoxy) is 2. The second-order valence-corrected chi connectivity index (χ2v) is 7.12. The molecule has 28 heavy (non-hydrogen) atoms. The van der Waals surface area contributed by atoms with Gasteiger partial charge in [0.05, 0.1) is 32.0 Å². The minimum atomic E-state index is 0.0791. The highest BCUT2D eigenvalue weighted by Gasteiger charge is 2.31. The number of quaternary nitrogens is 1. The van der Waals surface area contributed by atoms with E-state index in [2.05, 4.69) is 25.2 Å². The zero-order chi connectivity index (χ0) is 19.7. The molecule has 1 N–H and O–H groups in total. The van der Waals surface area contributed by atoms with Gasteiger partial charge in [-0.15, -0.1) is 0 Å². The molecule has 3 aromatic rings. The van der Waals surface area contributed by atoms with Gasteiger partial charge in [-0.25, -0.2) is 0 Å². The Kier molecular flexibility index (Phi) is 4.92. The van der Waals surface area contributed by atoms with Gasteiger partial charge in [-0.2, -0.15) is 0 Å². The molecular weight excluding hydrogens is 352 g/mol. The lowest BCUT2D eigenvalue weighted by atomic mass is 10.1. The van der Waals surface area contributed by atoms with Crippen molar-refractivity contribution < 1.29 is 19.2 Å². The molecule has 0 aromatic heterocycles. The molecule has 5 heteroatoms. The van der Waals surface area contributed by atoms with E-state index in [1.807, 2.05) is 48.2 Å². The molecule has 1 aliphatic rings. The van der Waals surface area contributed by atoms with E-state index in [0.717, 1.165) is 45.6 Å². The van der Waals surface area contributed by atoms with Crippen LogP contribution in [0.2, 0.25) is 0 Å². The Bertz CT molecular complexity index is 1030. The van der Waals surface area contributed by atoms with Crippen molar-refractivity contribution in [3.8, 4) is 11.5 Å². The lowest BCUT2D eigenvalue weighted by Gasteiger charge is -2.23. The predicted octanol–water partition coefficient (Wildman–Crippen LogP) is 2.88. The van der Waals surface area contributed by atoms with E-state index in [4.69, 9.17) is 9.47 Å². The molecule has 0 fully saturated rings. The molecule has 1 heterocycles. The molecule has 5 nitrogen and oxygen atoms in total. The van der Waals surface area contributed by atoms with Gasteiger partial charge in [0.15, 0.2) is 18.2 Å². The van der Waals surface area contributed by atoms with Crippen LogP contribution in [-0.2, 0) is 6.54 Å². The second-order valence-electron chi connectivity index (χ2n) is 7.12. The third-order valence-corrected chi connectivity index (χ3v) is 5.11. The summed E-state index contributed by atoms with van der Waals surface area (Å²) in [7, 11) is 3.75. The fourth-order valence-electron chi connectivity index (χ4n) is 3.91. The normalized spacial score (nSPS) is 13.8. The first-order chi connectivity index (χ1) is 13.6. The van der Waals surface area contributed by atoms with Gasteiger partial charge in [-0.05, 0) is 42.6 Å². The van der Waals surface area contributed by atoms with Crippen molar-refractivity contribution >= 4 is 22.4 Å². The molecule has 0 radical (unpaired) electrons. The van der Waals surface area contributed by atoms with Crippen LogP contribution in [0.3, 0.4) is 0 Å². The zero-order valence-corrected chi connectivity index (χ0v) is 16.5. The van der Waals surface area contributed by atoms with Gasteiger partial charge in [0, 0.05) is 10.9 Å². The molecule has 1 aliphatic heterocycles. The fourth-order valence-corrected chi connectivity index (χ4v) is 3.91. The zero-order valence-electron chi connectivity index (χ0n) is 16.5. The minimum Gasteiger partial charge on any atom is -0.493 e. The SMILES string of the molecule is CCOc1ccc(C[NH+](C)CN2C(=O)c3cccc4cccc2c34)cc1OC. The van der Waals surface area contributed by atoms with Gasteiger partial charge in [0.25, 0.3) is 5.91 Å². The van der Waals surface area contributed by atoms with Gasteiger partial charge in [-0.3, -0.25) is 9.69 Å². The summed E-state index contributed by atoms with van der Waals surface area (Å²) in [6, 6.07) is 18.0. The number of anilines is 1. The van der Waals surface area contributed by atoms with Crippen molar-refractivity contribution in [3.63, 3.8) is 0 Å². The molecule has 144 valence electrons. The monoisotopic (exact) mass is 377 g/mol. The molecule has 1 unspecified atom stereocenters. The molecule has 4 rings (SSSR count). The number of benzene rings is 3. The van der Waals surface area contributed by atoms with Gasteiger partial charge >= 0.3 is 0 Å². The van der Waals surface area contributed by atoms with Crippen LogP contribution in [0.4, 0.5) is 5.69 Å². The first kappa shape index (κ1) is 18.3. The van der Waals surface area contributed by atoms with Crippen molar-refractivity contribution in [2.45, 2.75) is 13.5 Å². The molecule has 0 spiro atoms. The third-order valence-electron chi connectivity index (χ3n) is 5.11.